The van der Waals surface area contributed by atoms with Crippen LogP contribution in [0, 0.1) is 5.92 Å². The van der Waals surface area contributed by atoms with Gasteiger partial charge in [-0.05, 0) is 43.0 Å². The Kier molecular flexibility index (Phi) is 4.24. The van der Waals surface area contributed by atoms with E-state index in [1.165, 1.54) is 32.1 Å². The van der Waals surface area contributed by atoms with Crippen molar-refractivity contribution in [1.29, 1.82) is 0 Å². The summed E-state index contributed by atoms with van der Waals surface area (Å²) < 4.78 is 0. The summed E-state index contributed by atoms with van der Waals surface area (Å²) in [6.45, 7) is 0. The van der Waals surface area contributed by atoms with Crippen LogP contribution in [-0.4, -0.2) is 13.0 Å². The minimum atomic E-state index is 0.215. The Bertz CT molecular complexity index is 393. The van der Waals surface area contributed by atoms with Crippen LogP contribution in [0.3, 0.4) is 0 Å². The van der Waals surface area contributed by atoms with Gasteiger partial charge in [0.15, 0.2) is 0 Å². The van der Waals surface area contributed by atoms with Gasteiger partial charge >= 0.3 is 0 Å². The van der Waals surface area contributed by atoms with Crippen molar-refractivity contribution in [2.24, 2.45) is 5.92 Å². The van der Waals surface area contributed by atoms with Gasteiger partial charge in [-0.3, -0.25) is 4.79 Å². The van der Waals surface area contributed by atoms with Gasteiger partial charge in [0, 0.05) is 24.8 Å². The number of hydrogen-bond donors (Lipinski definition) is 1. The molecule has 0 bridgehead atoms. The summed E-state index contributed by atoms with van der Waals surface area (Å²) in [5, 5.41) is 0. The first-order chi connectivity index (χ1) is 8.66. The van der Waals surface area contributed by atoms with Crippen LogP contribution in [0.2, 0.25) is 0 Å². The molecule has 0 unspecified atom stereocenters. The first-order valence-electron chi connectivity index (χ1n) is 6.79. The molecule has 98 valence electrons. The number of rotatable bonds is 3. The summed E-state index contributed by atoms with van der Waals surface area (Å²) in [4.78, 5) is 13.9. The van der Waals surface area contributed by atoms with Crippen LogP contribution < -0.4 is 10.6 Å². The lowest BCUT2D eigenvalue weighted by Crippen LogP contribution is -2.28. The molecule has 1 saturated carbocycles. The van der Waals surface area contributed by atoms with Crippen molar-refractivity contribution in [2.75, 3.05) is 17.7 Å². The van der Waals surface area contributed by atoms with E-state index < -0.39 is 0 Å². The molecule has 2 rings (SSSR count). The number of nitrogen functional groups attached to an aromatic ring is 1. The van der Waals surface area contributed by atoms with E-state index in [-0.39, 0.29) is 5.91 Å². The molecule has 0 atom stereocenters. The van der Waals surface area contributed by atoms with Gasteiger partial charge in [-0.25, -0.2) is 0 Å². The van der Waals surface area contributed by atoms with Crippen molar-refractivity contribution in [1.82, 2.24) is 0 Å². The fourth-order valence-electron chi connectivity index (χ4n) is 2.62. The standard InChI is InChI=1S/C15H22N2O/c1-17(14-9-7-13(16)8-10-14)15(18)11-12-5-3-2-4-6-12/h7-10,12H,2-6,11,16H2,1H3. The Balaban J connectivity index is 1.93. The van der Waals surface area contributed by atoms with Crippen LogP contribution in [0.4, 0.5) is 11.4 Å². The van der Waals surface area contributed by atoms with E-state index in [0.717, 1.165) is 11.4 Å². The van der Waals surface area contributed by atoms with Crippen molar-refractivity contribution in [3.8, 4) is 0 Å². The van der Waals surface area contributed by atoms with Gasteiger partial charge in [-0.2, -0.15) is 0 Å². The van der Waals surface area contributed by atoms with E-state index in [1.54, 1.807) is 4.90 Å². The summed E-state index contributed by atoms with van der Waals surface area (Å²) in [7, 11) is 1.84. The predicted octanol–water partition coefficient (Wildman–Crippen LogP) is 3.20. The van der Waals surface area contributed by atoms with E-state index in [1.807, 2.05) is 31.3 Å². The van der Waals surface area contributed by atoms with E-state index in [4.69, 9.17) is 5.73 Å². The number of carbonyl (C=O) groups is 1. The van der Waals surface area contributed by atoms with Gasteiger partial charge in [0.05, 0.1) is 0 Å². The average Bonchev–Trinajstić information content (AvgIpc) is 2.40. The largest absolute Gasteiger partial charge is 0.399 e. The molecule has 3 nitrogen and oxygen atoms in total. The maximum absolute atomic E-state index is 12.2. The van der Waals surface area contributed by atoms with Crippen LogP contribution in [0.5, 0.6) is 0 Å². The third-order valence-corrected chi connectivity index (χ3v) is 3.84. The Morgan fingerprint density at radius 2 is 1.83 bits per heavy atom. The highest BCUT2D eigenvalue weighted by Crippen LogP contribution is 2.27. The Labute approximate surface area is 109 Å². The van der Waals surface area contributed by atoms with Crippen LogP contribution in [0.25, 0.3) is 0 Å². The highest BCUT2D eigenvalue weighted by molar-refractivity contribution is 5.93. The molecule has 1 fully saturated rings. The van der Waals surface area contributed by atoms with E-state index in [9.17, 15) is 4.79 Å². The highest BCUT2D eigenvalue weighted by Gasteiger charge is 2.19. The fraction of sp³-hybridized carbons (Fsp3) is 0.533. The molecule has 2 N–H and O–H groups in total. The summed E-state index contributed by atoms with van der Waals surface area (Å²) in [6.07, 6.45) is 7.00. The lowest BCUT2D eigenvalue weighted by atomic mass is 9.86. The SMILES string of the molecule is CN(C(=O)CC1CCCCC1)c1ccc(N)cc1. The van der Waals surface area contributed by atoms with E-state index >= 15 is 0 Å². The molecule has 1 aliphatic carbocycles. The predicted molar refractivity (Wildman–Crippen MR) is 75.5 cm³/mol. The zero-order chi connectivity index (χ0) is 13.0. The molecule has 1 amide bonds. The third kappa shape index (κ3) is 3.25. The van der Waals surface area contributed by atoms with Crippen molar-refractivity contribution >= 4 is 17.3 Å². The summed E-state index contributed by atoms with van der Waals surface area (Å²) in [5.41, 5.74) is 7.30. The first-order valence-corrected chi connectivity index (χ1v) is 6.79. The van der Waals surface area contributed by atoms with Crippen LogP contribution in [-0.2, 0) is 4.79 Å². The van der Waals surface area contributed by atoms with Crippen molar-refractivity contribution in [3.05, 3.63) is 24.3 Å². The maximum atomic E-state index is 12.2. The second-order valence-electron chi connectivity index (χ2n) is 5.25. The molecule has 0 aromatic heterocycles. The molecule has 3 heteroatoms. The number of nitrogens with zero attached hydrogens (tertiary/aromatic N) is 1. The number of benzene rings is 1. The Morgan fingerprint density at radius 1 is 1.22 bits per heavy atom. The molecule has 0 radical (unpaired) electrons. The minimum absolute atomic E-state index is 0.215. The number of anilines is 2. The number of amides is 1. The topological polar surface area (TPSA) is 46.3 Å². The smallest absolute Gasteiger partial charge is 0.226 e. The molecule has 1 aliphatic rings. The molecular weight excluding hydrogens is 224 g/mol. The van der Waals surface area contributed by atoms with Gasteiger partial charge in [0.1, 0.15) is 0 Å². The summed E-state index contributed by atoms with van der Waals surface area (Å²) in [5.74, 6) is 0.800. The molecule has 0 heterocycles. The number of carbonyl (C=O) groups excluding carboxylic acids is 1. The third-order valence-electron chi connectivity index (χ3n) is 3.84. The minimum Gasteiger partial charge on any atom is -0.399 e. The second kappa shape index (κ2) is 5.89. The molecular formula is C15H22N2O. The quantitative estimate of drug-likeness (QED) is 0.832. The van der Waals surface area contributed by atoms with E-state index in [0.29, 0.717) is 12.3 Å². The molecule has 0 spiro atoms. The van der Waals surface area contributed by atoms with Gasteiger partial charge < -0.3 is 10.6 Å². The van der Waals surface area contributed by atoms with Crippen molar-refractivity contribution in [2.45, 2.75) is 38.5 Å². The zero-order valence-corrected chi connectivity index (χ0v) is 11.1. The second-order valence-corrected chi connectivity index (χ2v) is 5.25. The Morgan fingerprint density at radius 3 is 2.44 bits per heavy atom. The van der Waals surface area contributed by atoms with Gasteiger partial charge in [-0.15, -0.1) is 0 Å². The van der Waals surface area contributed by atoms with Gasteiger partial charge in [-0.1, -0.05) is 19.3 Å². The number of nitrogens with two attached hydrogens (primary N) is 1. The van der Waals surface area contributed by atoms with Crippen LogP contribution in [0.1, 0.15) is 38.5 Å². The van der Waals surface area contributed by atoms with Crippen LogP contribution in [0.15, 0.2) is 24.3 Å². The van der Waals surface area contributed by atoms with Crippen molar-refractivity contribution in [3.63, 3.8) is 0 Å². The lowest BCUT2D eigenvalue weighted by Gasteiger charge is -2.24. The first kappa shape index (κ1) is 12.9. The summed E-state index contributed by atoms with van der Waals surface area (Å²) >= 11 is 0. The van der Waals surface area contributed by atoms with E-state index in [2.05, 4.69) is 0 Å². The average molecular weight is 246 g/mol. The van der Waals surface area contributed by atoms with Gasteiger partial charge in [0.2, 0.25) is 5.91 Å². The maximum Gasteiger partial charge on any atom is 0.226 e. The zero-order valence-electron chi connectivity index (χ0n) is 11.1. The van der Waals surface area contributed by atoms with Gasteiger partial charge in [0.25, 0.3) is 0 Å². The summed E-state index contributed by atoms with van der Waals surface area (Å²) in [6, 6.07) is 7.46. The van der Waals surface area contributed by atoms with Crippen LogP contribution >= 0.6 is 0 Å². The monoisotopic (exact) mass is 246 g/mol. The molecule has 18 heavy (non-hydrogen) atoms. The van der Waals surface area contributed by atoms with Crippen molar-refractivity contribution < 1.29 is 4.79 Å². The highest BCUT2D eigenvalue weighted by atomic mass is 16.2. The Hall–Kier alpha value is -1.51. The number of hydrogen-bond acceptors (Lipinski definition) is 2. The molecule has 1 aromatic carbocycles. The molecule has 1 aromatic rings. The fourth-order valence-corrected chi connectivity index (χ4v) is 2.62. The lowest BCUT2D eigenvalue weighted by molar-refractivity contribution is -0.119. The molecule has 0 aliphatic heterocycles. The molecule has 0 saturated heterocycles. The normalized spacial score (nSPS) is 16.5.